The van der Waals surface area contributed by atoms with Crippen LogP contribution in [-0.4, -0.2) is 28.2 Å². The third kappa shape index (κ3) is 3.74. The maximum atomic E-state index is 13.1. The lowest BCUT2D eigenvalue weighted by atomic mass is 9.95. The highest BCUT2D eigenvalue weighted by Gasteiger charge is 2.35. The van der Waals surface area contributed by atoms with Gasteiger partial charge in [0.2, 0.25) is 0 Å². The summed E-state index contributed by atoms with van der Waals surface area (Å²) < 4.78 is 14.7. The van der Waals surface area contributed by atoms with Gasteiger partial charge in [-0.2, -0.15) is 0 Å². The Labute approximate surface area is 119 Å². The van der Waals surface area contributed by atoms with Crippen LogP contribution in [0.25, 0.3) is 0 Å². The van der Waals surface area contributed by atoms with Crippen molar-refractivity contribution in [2.75, 3.05) is 0 Å². The van der Waals surface area contributed by atoms with E-state index in [1.54, 1.807) is 29.2 Å². The molecule has 4 nitrogen and oxygen atoms in total. The Morgan fingerprint density at radius 3 is 2.40 bits per heavy atom. The first kappa shape index (κ1) is 14.9. The number of aromatic nitrogens is 3. The second-order valence-electron chi connectivity index (χ2n) is 6.38. The minimum Gasteiger partial charge on any atom is -0.384 e. The van der Waals surface area contributed by atoms with Crippen LogP contribution in [0.5, 0.6) is 0 Å². The van der Waals surface area contributed by atoms with Crippen LogP contribution in [0.15, 0.2) is 36.7 Å². The predicted molar refractivity (Wildman–Crippen MR) is 78.5 cm³/mol. The Morgan fingerprint density at radius 2 is 1.90 bits per heavy atom. The Hall–Kier alpha value is -1.53. The van der Waals surface area contributed by atoms with Crippen LogP contribution >= 0.6 is 0 Å². The highest BCUT2D eigenvalue weighted by molar-refractivity contribution is 6.76. The van der Waals surface area contributed by atoms with Crippen LogP contribution in [0.4, 0.5) is 4.39 Å². The van der Waals surface area contributed by atoms with Crippen molar-refractivity contribution in [1.29, 1.82) is 0 Å². The first-order chi connectivity index (χ1) is 9.28. The van der Waals surface area contributed by atoms with Gasteiger partial charge in [0.05, 0.1) is 12.7 Å². The van der Waals surface area contributed by atoms with Gasteiger partial charge in [-0.15, -0.1) is 5.10 Å². The number of benzene rings is 1. The number of hydrogen-bond acceptors (Lipinski definition) is 3. The van der Waals surface area contributed by atoms with Gasteiger partial charge in [-0.1, -0.05) is 37.0 Å². The monoisotopic (exact) mass is 293 g/mol. The second kappa shape index (κ2) is 5.45. The summed E-state index contributed by atoms with van der Waals surface area (Å²) in [4.78, 5) is 0. The van der Waals surface area contributed by atoms with E-state index < -0.39 is 13.7 Å². The Kier molecular flexibility index (Phi) is 4.05. The van der Waals surface area contributed by atoms with Crippen molar-refractivity contribution in [2.24, 2.45) is 0 Å². The van der Waals surface area contributed by atoms with Gasteiger partial charge in [0.15, 0.2) is 0 Å². The van der Waals surface area contributed by atoms with E-state index in [1.165, 1.54) is 12.1 Å². The summed E-state index contributed by atoms with van der Waals surface area (Å²) in [6.07, 6.45) is 3.30. The highest BCUT2D eigenvalue weighted by atomic mass is 28.3. The van der Waals surface area contributed by atoms with Crippen molar-refractivity contribution in [3.8, 4) is 0 Å². The average molecular weight is 293 g/mol. The molecule has 0 bridgehead atoms. The third-order valence-corrected chi connectivity index (χ3v) is 4.75. The van der Waals surface area contributed by atoms with Crippen molar-refractivity contribution < 1.29 is 9.50 Å². The third-order valence-electron chi connectivity index (χ3n) is 3.10. The zero-order valence-electron chi connectivity index (χ0n) is 12.0. The van der Waals surface area contributed by atoms with Crippen LogP contribution in [-0.2, 0) is 12.1 Å². The molecular weight excluding hydrogens is 273 g/mol. The summed E-state index contributed by atoms with van der Waals surface area (Å²) in [5.74, 6) is -0.301. The summed E-state index contributed by atoms with van der Waals surface area (Å²) in [6, 6.07) is 6.72. The largest absolute Gasteiger partial charge is 0.384 e. The summed E-state index contributed by atoms with van der Waals surface area (Å²) in [5, 5.41) is 18.8. The van der Waals surface area contributed by atoms with Gasteiger partial charge in [0.1, 0.15) is 11.4 Å². The fourth-order valence-corrected chi connectivity index (χ4v) is 4.54. The molecule has 108 valence electrons. The summed E-state index contributed by atoms with van der Waals surface area (Å²) in [5.41, 5.74) is -0.330. The van der Waals surface area contributed by atoms with Gasteiger partial charge in [-0.3, -0.25) is 0 Å². The van der Waals surface area contributed by atoms with Gasteiger partial charge in [0.25, 0.3) is 0 Å². The topological polar surface area (TPSA) is 50.9 Å². The summed E-state index contributed by atoms with van der Waals surface area (Å²) in [6.45, 7) is 6.91. The number of hydrogen-bond donors (Lipinski definition) is 1. The van der Waals surface area contributed by atoms with Crippen molar-refractivity contribution in [2.45, 2.75) is 37.8 Å². The summed E-state index contributed by atoms with van der Waals surface area (Å²) in [7, 11) is -1.53. The molecule has 20 heavy (non-hydrogen) atoms. The van der Waals surface area contributed by atoms with Crippen LogP contribution in [0.2, 0.25) is 25.7 Å². The van der Waals surface area contributed by atoms with E-state index >= 15 is 0 Å². The molecular formula is C14H20FN3OSi. The molecule has 0 fully saturated rings. The number of nitrogens with zero attached hydrogens (tertiary/aromatic N) is 3. The molecule has 1 unspecified atom stereocenters. The van der Waals surface area contributed by atoms with E-state index in [9.17, 15) is 9.50 Å². The van der Waals surface area contributed by atoms with Crippen LogP contribution in [0.3, 0.4) is 0 Å². The van der Waals surface area contributed by atoms with Crippen molar-refractivity contribution >= 4 is 8.07 Å². The fourth-order valence-electron chi connectivity index (χ4n) is 2.47. The molecule has 6 heteroatoms. The van der Waals surface area contributed by atoms with Crippen molar-refractivity contribution in [3.05, 3.63) is 48.0 Å². The molecule has 0 aliphatic rings. The lowest BCUT2D eigenvalue weighted by Gasteiger charge is -2.33. The fraction of sp³-hybridized carbons (Fsp3) is 0.429. The lowest BCUT2D eigenvalue weighted by Crippen LogP contribution is -2.39. The van der Waals surface area contributed by atoms with E-state index in [2.05, 4.69) is 30.0 Å². The number of rotatable bonds is 5. The van der Waals surface area contributed by atoms with E-state index in [0.29, 0.717) is 12.6 Å². The molecule has 1 aromatic heterocycles. The average Bonchev–Trinajstić information content (AvgIpc) is 2.79. The van der Waals surface area contributed by atoms with Gasteiger partial charge < -0.3 is 5.11 Å². The Bertz CT molecular complexity index is 551. The molecule has 1 heterocycles. The molecule has 2 aromatic rings. The van der Waals surface area contributed by atoms with Gasteiger partial charge in [-0.05, 0) is 23.7 Å². The molecule has 0 amide bonds. The molecule has 0 aliphatic carbocycles. The molecule has 1 aromatic carbocycles. The molecule has 0 spiro atoms. The quantitative estimate of drug-likeness (QED) is 0.862. The molecule has 2 rings (SSSR count). The smallest absolute Gasteiger partial charge is 0.123 e. The van der Waals surface area contributed by atoms with E-state index in [4.69, 9.17) is 0 Å². The maximum Gasteiger partial charge on any atom is 0.123 e. The maximum absolute atomic E-state index is 13.1. The number of halogens is 1. The minimum absolute atomic E-state index is 0.301. The molecule has 0 radical (unpaired) electrons. The second-order valence-corrected chi connectivity index (χ2v) is 11.9. The Morgan fingerprint density at radius 1 is 1.25 bits per heavy atom. The lowest BCUT2D eigenvalue weighted by molar-refractivity contribution is 0.0327. The van der Waals surface area contributed by atoms with Crippen LogP contribution in [0, 0.1) is 5.82 Å². The van der Waals surface area contributed by atoms with Crippen molar-refractivity contribution in [1.82, 2.24) is 15.0 Å². The van der Waals surface area contributed by atoms with E-state index in [1.807, 2.05) is 0 Å². The van der Waals surface area contributed by atoms with Gasteiger partial charge in [0, 0.05) is 14.3 Å². The Balaban J connectivity index is 2.34. The van der Waals surface area contributed by atoms with E-state index in [-0.39, 0.29) is 5.82 Å². The van der Waals surface area contributed by atoms with Gasteiger partial charge in [-0.25, -0.2) is 9.07 Å². The van der Waals surface area contributed by atoms with Gasteiger partial charge >= 0.3 is 0 Å². The SMILES string of the molecule is C[Si](C)(C)CC(O)(Cn1ccnn1)c1ccc(F)cc1. The van der Waals surface area contributed by atoms with Crippen LogP contribution in [0.1, 0.15) is 5.56 Å². The zero-order valence-corrected chi connectivity index (χ0v) is 13.0. The first-order valence-corrected chi connectivity index (χ1v) is 10.3. The number of aliphatic hydroxyl groups is 1. The highest BCUT2D eigenvalue weighted by Crippen LogP contribution is 2.32. The zero-order chi connectivity index (χ0) is 14.8. The molecule has 1 atom stereocenters. The van der Waals surface area contributed by atoms with E-state index in [0.717, 1.165) is 5.56 Å². The minimum atomic E-state index is -1.53. The normalized spacial score (nSPS) is 15.1. The molecule has 0 aliphatic heterocycles. The summed E-state index contributed by atoms with van der Waals surface area (Å²) >= 11 is 0. The van der Waals surface area contributed by atoms with Crippen molar-refractivity contribution in [3.63, 3.8) is 0 Å². The first-order valence-electron chi connectivity index (χ1n) is 6.61. The van der Waals surface area contributed by atoms with Crippen LogP contribution < -0.4 is 0 Å². The predicted octanol–water partition coefficient (Wildman–Crippen LogP) is 2.64. The standard InChI is InChI=1S/C14H20FN3OSi/c1-20(2,3)11-14(19,10-18-9-8-16-17-18)12-4-6-13(15)7-5-12/h4-9,19H,10-11H2,1-3H3. The molecule has 0 saturated carbocycles. The molecule has 1 N–H and O–H groups in total. The molecule has 0 saturated heterocycles.